The number of hydrogen-bond donors (Lipinski definition) is 2. The summed E-state index contributed by atoms with van der Waals surface area (Å²) in [6, 6.07) is 14.3. The van der Waals surface area contributed by atoms with Gasteiger partial charge in [0.25, 0.3) is 11.8 Å². The minimum absolute atomic E-state index is 0.0364. The van der Waals surface area contributed by atoms with E-state index in [0.717, 1.165) is 50.5 Å². The third-order valence-corrected chi connectivity index (χ3v) is 6.30. The van der Waals surface area contributed by atoms with Gasteiger partial charge < -0.3 is 20.1 Å². The molecule has 1 fully saturated rings. The van der Waals surface area contributed by atoms with E-state index in [1.54, 1.807) is 62.8 Å². The maximum atomic E-state index is 12.7. The zero-order valence-corrected chi connectivity index (χ0v) is 20.5. The summed E-state index contributed by atoms with van der Waals surface area (Å²) in [5, 5.41) is 6.32. The number of hydrogen-bond acceptors (Lipinski definition) is 6. The van der Waals surface area contributed by atoms with Crippen molar-refractivity contribution in [2.75, 3.05) is 40.4 Å². The Morgan fingerprint density at radius 2 is 1.03 bits per heavy atom. The lowest BCUT2D eigenvalue weighted by atomic mass is 10.1. The summed E-state index contributed by atoms with van der Waals surface area (Å²) >= 11 is 0. The molecule has 1 aliphatic rings. The highest BCUT2D eigenvalue weighted by Gasteiger charge is 2.28. The number of nitrogens with one attached hydrogen (secondary N) is 2. The fourth-order valence-corrected chi connectivity index (χ4v) is 4.22. The molecule has 8 heteroatoms. The third kappa shape index (κ3) is 6.48. The van der Waals surface area contributed by atoms with Gasteiger partial charge in [0.1, 0.15) is 11.5 Å². The van der Waals surface area contributed by atoms with E-state index in [9.17, 15) is 9.59 Å². The molecule has 3 rings (SSSR count). The minimum atomic E-state index is -0.0878. The molecule has 2 N–H and O–H groups in total. The van der Waals surface area contributed by atoms with Gasteiger partial charge in [0.2, 0.25) is 0 Å². The molecule has 1 aliphatic heterocycles. The number of carbonyl (C=O) groups is 2. The van der Waals surface area contributed by atoms with Crippen LogP contribution in [0.2, 0.25) is 0 Å². The van der Waals surface area contributed by atoms with Gasteiger partial charge in [-0.05, 0) is 61.4 Å². The molecule has 2 aromatic rings. The van der Waals surface area contributed by atoms with E-state index in [0.29, 0.717) is 11.1 Å². The molecule has 0 aliphatic carbocycles. The molecule has 184 valence electrons. The van der Waals surface area contributed by atoms with E-state index < -0.39 is 0 Å². The Hall–Kier alpha value is -3.10. The summed E-state index contributed by atoms with van der Waals surface area (Å²) < 4.78 is 10.3. The Labute approximate surface area is 202 Å². The van der Waals surface area contributed by atoms with Gasteiger partial charge >= 0.3 is 0 Å². The Balaban J connectivity index is 1.53. The Morgan fingerprint density at radius 1 is 0.706 bits per heavy atom. The van der Waals surface area contributed by atoms with Crippen molar-refractivity contribution in [3.63, 3.8) is 0 Å². The van der Waals surface area contributed by atoms with Gasteiger partial charge in [-0.25, -0.2) is 0 Å². The van der Waals surface area contributed by atoms with Crippen LogP contribution in [0.25, 0.3) is 0 Å². The van der Waals surface area contributed by atoms with E-state index in [-0.39, 0.29) is 24.1 Å². The van der Waals surface area contributed by atoms with Crippen molar-refractivity contribution in [2.45, 2.75) is 39.0 Å². The van der Waals surface area contributed by atoms with E-state index in [1.807, 2.05) is 0 Å². The molecule has 8 nitrogen and oxygen atoms in total. The van der Waals surface area contributed by atoms with Crippen LogP contribution in [-0.2, 0) is 0 Å². The van der Waals surface area contributed by atoms with Crippen LogP contribution >= 0.6 is 0 Å². The summed E-state index contributed by atoms with van der Waals surface area (Å²) in [6.45, 7) is 7.42. The lowest BCUT2D eigenvalue weighted by molar-refractivity contribution is 0.0405. The van der Waals surface area contributed by atoms with Crippen LogP contribution in [0.15, 0.2) is 48.5 Å². The highest BCUT2D eigenvalue weighted by atomic mass is 16.5. The number of rotatable bonds is 10. The van der Waals surface area contributed by atoms with Gasteiger partial charge in [0.05, 0.1) is 26.6 Å². The van der Waals surface area contributed by atoms with Crippen LogP contribution in [0.1, 0.15) is 47.4 Å². The normalized spacial score (nSPS) is 16.4. The Morgan fingerprint density at radius 3 is 1.29 bits per heavy atom. The molecule has 0 saturated carbocycles. The molecule has 1 saturated heterocycles. The van der Waals surface area contributed by atoms with E-state index in [4.69, 9.17) is 9.47 Å². The maximum absolute atomic E-state index is 12.7. The van der Waals surface area contributed by atoms with Crippen molar-refractivity contribution in [3.8, 4) is 11.5 Å². The second-order valence-electron chi connectivity index (χ2n) is 8.32. The SMILES string of the molecule is CCC(NC(=O)c1ccc(OC)cc1)N1CCN(C(CC)NC(=O)c2ccc(OC)cc2)CC1. The van der Waals surface area contributed by atoms with Gasteiger partial charge in [-0.1, -0.05) is 13.8 Å². The Kier molecular flexibility index (Phi) is 9.30. The molecule has 1 heterocycles. The molecular formula is C26H36N4O4. The zero-order chi connectivity index (χ0) is 24.5. The largest absolute Gasteiger partial charge is 0.497 e. The summed E-state index contributed by atoms with van der Waals surface area (Å²) in [5.41, 5.74) is 1.23. The lowest BCUT2D eigenvalue weighted by Gasteiger charge is -2.42. The Bertz CT molecular complexity index is 847. The van der Waals surface area contributed by atoms with Gasteiger partial charge in [0.15, 0.2) is 0 Å². The number of ether oxygens (including phenoxy) is 2. The predicted octanol–water partition coefficient (Wildman–Crippen LogP) is 2.95. The quantitative estimate of drug-likeness (QED) is 0.558. The van der Waals surface area contributed by atoms with Gasteiger partial charge in [-0.2, -0.15) is 0 Å². The van der Waals surface area contributed by atoms with Crippen LogP contribution in [-0.4, -0.2) is 74.3 Å². The first kappa shape index (κ1) is 25.5. The van der Waals surface area contributed by atoms with Gasteiger partial charge in [0, 0.05) is 37.3 Å². The van der Waals surface area contributed by atoms with Crippen molar-refractivity contribution in [2.24, 2.45) is 0 Å². The van der Waals surface area contributed by atoms with Crippen molar-refractivity contribution >= 4 is 11.8 Å². The van der Waals surface area contributed by atoms with Crippen LogP contribution in [0, 0.1) is 0 Å². The maximum Gasteiger partial charge on any atom is 0.252 e. The summed E-state index contributed by atoms with van der Waals surface area (Å²) in [7, 11) is 3.21. The zero-order valence-electron chi connectivity index (χ0n) is 20.5. The number of piperazine rings is 1. The number of methoxy groups -OCH3 is 2. The van der Waals surface area contributed by atoms with Crippen molar-refractivity contribution in [3.05, 3.63) is 59.7 Å². The fraction of sp³-hybridized carbons (Fsp3) is 0.462. The van der Waals surface area contributed by atoms with Crippen LogP contribution < -0.4 is 20.1 Å². The highest BCUT2D eigenvalue weighted by molar-refractivity contribution is 5.95. The summed E-state index contributed by atoms with van der Waals surface area (Å²) in [6.07, 6.45) is 1.55. The first-order valence-corrected chi connectivity index (χ1v) is 11.9. The average molecular weight is 469 g/mol. The lowest BCUT2D eigenvalue weighted by Crippen LogP contribution is -2.59. The minimum Gasteiger partial charge on any atom is -0.497 e. The number of benzene rings is 2. The molecule has 2 atom stereocenters. The van der Waals surface area contributed by atoms with E-state index in [1.165, 1.54) is 0 Å². The number of amides is 2. The molecule has 0 bridgehead atoms. The molecule has 0 aromatic heterocycles. The highest BCUT2D eigenvalue weighted by Crippen LogP contribution is 2.15. The molecule has 2 unspecified atom stereocenters. The van der Waals surface area contributed by atoms with Gasteiger partial charge in [-0.3, -0.25) is 19.4 Å². The first-order valence-electron chi connectivity index (χ1n) is 11.9. The van der Waals surface area contributed by atoms with E-state index >= 15 is 0 Å². The van der Waals surface area contributed by atoms with Crippen LogP contribution in [0.5, 0.6) is 11.5 Å². The molecule has 34 heavy (non-hydrogen) atoms. The van der Waals surface area contributed by atoms with E-state index in [2.05, 4.69) is 34.3 Å². The second-order valence-corrected chi connectivity index (χ2v) is 8.32. The predicted molar refractivity (Wildman–Crippen MR) is 132 cm³/mol. The topological polar surface area (TPSA) is 83.1 Å². The molecule has 2 aromatic carbocycles. The average Bonchev–Trinajstić information content (AvgIpc) is 2.90. The summed E-state index contributed by atoms with van der Waals surface area (Å²) in [4.78, 5) is 30.1. The second kappa shape index (κ2) is 12.4. The fourth-order valence-electron chi connectivity index (χ4n) is 4.22. The van der Waals surface area contributed by atoms with Crippen molar-refractivity contribution in [1.29, 1.82) is 0 Å². The van der Waals surface area contributed by atoms with Crippen molar-refractivity contribution in [1.82, 2.24) is 20.4 Å². The third-order valence-electron chi connectivity index (χ3n) is 6.30. The number of carbonyl (C=O) groups excluding carboxylic acids is 2. The monoisotopic (exact) mass is 468 g/mol. The molecular weight excluding hydrogens is 432 g/mol. The summed E-state index contributed by atoms with van der Waals surface area (Å²) in [5.74, 6) is 1.28. The standard InChI is InChI=1S/C26H36N4O4/c1-5-23(27-25(31)19-7-11-21(33-3)12-8-19)29-15-17-30(18-16-29)24(6-2)28-26(32)20-9-13-22(34-4)14-10-20/h7-14,23-24H,5-6,15-18H2,1-4H3,(H,27,31)(H,28,32). The molecule has 0 radical (unpaired) electrons. The molecule has 2 amide bonds. The molecule has 0 spiro atoms. The van der Waals surface area contributed by atoms with Gasteiger partial charge in [-0.15, -0.1) is 0 Å². The van der Waals surface area contributed by atoms with Crippen molar-refractivity contribution < 1.29 is 19.1 Å². The smallest absolute Gasteiger partial charge is 0.252 e. The first-order chi connectivity index (χ1) is 16.5. The van der Waals surface area contributed by atoms with Crippen LogP contribution in [0.3, 0.4) is 0 Å². The number of nitrogens with zero attached hydrogens (tertiary/aromatic N) is 2. The van der Waals surface area contributed by atoms with Crippen LogP contribution in [0.4, 0.5) is 0 Å².